The number of nitrogens with one attached hydrogen (secondary N) is 2. The molecule has 4 heterocycles. The highest BCUT2D eigenvalue weighted by Gasteiger charge is 2.76. The molecular weight excluding hydrogens is 727 g/mol. The molecule has 4 aliphatic heterocycles. The lowest BCUT2D eigenvalue weighted by atomic mass is 9.62. The molecule has 8 rings (SSSR count). The van der Waals surface area contributed by atoms with Gasteiger partial charge < -0.3 is 34.7 Å². The third-order valence-corrected chi connectivity index (χ3v) is 13.0. The van der Waals surface area contributed by atoms with Crippen LogP contribution in [0.4, 0.5) is 0 Å². The quantitative estimate of drug-likeness (QED) is 0.0971. The average molecular weight is 786 g/mol. The number of epoxide rings is 1. The largest absolute Gasteiger partial charge is 0.458 e. The van der Waals surface area contributed by atoms with Gasteiger partial charge in [0.15, 0.2) is 11.8 Å². The molecule has 2 aromatic carbocycles. The molecule has 0 aromatic heterocycles. The second-order valence-electron chi connectivity index (χ2n) is 17.0. The summed E-state index contributed by atoms with van der Waals surface area (Å²) in [6.07, 6.45) is 13.9. The van der Waals surface area contributed by atoms with Gasteiger partial charge in [-0.2, -0.15) is 5.06 Å². The predicted octanol–water partition coefficient (Wildman–Crippen LogP) is 5.75. The van der Waals surface area contributed by atoms with E-state index in [1.54, 1.807) is 23.3 Å². The number of fused-ring (bicyclic) bond motifs is 5. The summed E-state index contributed by atoms with van der Waals surface area (Å²) in [4.78, 5) is 48.6. The molecule has 12 heteroatoms. The van der Waals surface area contributed by atoms with E-state index >= 15 is 0 Å². The Balaban J connectivity index is 1.05. The monoisotopic (exact) mass is 785 g/mol. The molecule has 308 valence electrons. The molecule has 12 nitrogen and oxygen atoms in total. The fraction of sp³-hybridized carbons (Fsp3) is 0.622. The van der Waals surface area contributed by atoms with Gasteiger partial charge in [-0.15, -0.1) is 0 Å². The number of amides is 2. The molecule has 6 aliphatic rings. The SMILES string of the molecule is CCCCCC1(CCCCC)O[C@@H]2[C@H]3ON(Cc4ccc(C=CC5CCC6OC6C5)cc4)[C@H]4C(=O)OC(CC34C(=O)NCc3cccc(C(=O)NCCO)c3)[C@@H]2O1. The smallest absolute Gasteiger partial charge is 0.327 e. The maximum Gasteiger partial charge on any atom is 0.327 e. The first kappa shape index (κ1) is 40.1. The number of nitrogens with zero attached hydrogens (tertiary/aromatic N) is 1. The molecular formula is C45H59N3O9. The summed E-state index contributed by atoms with van der Waals surface area (Å²) in [5.74, 6) is -1.45. The lowest BCUT2D eigenvalue weighted by molar-refractivity contribution is -0.224. The molecule has 0 spiro atoms. The number of allylic oxidation sites excluding steroid dienone is 1. The number of carbonyl (C=O) groups is 3. The lowest BCUT2D eigenvalue weighted by Crippen LogP contribution is -2.69. The predicted molar refractivity (Wildman–Crippen MR) is 211 cm³/mol. The van der Waals surface area contributed by atoms with Crippen LogP contribution in [0.15, 0.2) is 54.6 Å². The summed E-state index contributed by atoms with van der Waals surface area (Å²) in [5, 5.41) is 16.6. The zero-order valence-electron chi connectivity index (χ0n) is 33.4. The van der Waals surface area contributed by atoms with Crippen LogP contribution in [0.2, 0.25) is 0 Å². The Morgan fingerprint density at radius 1 is 0.912 bits per heavy atom. The molecule has 2 aliphatic carbocycles. The first-order valence-electron chi connectivity index (χ1n) is 21.4. The zero-order valence-corrected chi connectivity index (χ0v) is 33.4. The second-order valence-corrected chi connectivity index (χ2v) is 17.0. The van der Waals surface area contributed by atoms with Crippen molar-refractivity contribution in [1.82, 2.24) is 15.7 Å². The highest BCUT2D eigenvalue weighted by Crippen LogP contribution is 2.58. The molecule has 6 fully saturated rings. The normalized spacial score (nSPS) is 32.1. The number of carbonyl (C=O) groups excluding carboxylic acids is 3. The fourth-order valence-corrected chi connectivity index (χ4v) is 9.91. The van der Waals surface area contributed by atoms with Crippen molar-refractivity contribution in [3.8, 4) is 0 Å². The van der Waals surface area contributed by atoms with Gasteiger partial charge in [-0.25, -0.2) is 0 Å². The van der Waals surface area contributed by atoms with Crippen LogP contribution in [0.25, 0.3) is 6.08 Å². The van der Waals surface area contributed by atoms with Crippen LogP contribution in [-0.2, 0) is 46.5 Å². The molecule has 5 unspecified atom stereocenters. The van der Waals surface area contributed by atoms with E-state index in [0.29, 0.717) is 23.7 Å². The first-order chi connectivity index (χ1) is 27.8. The number of rotatable bonds is 18. The third-order valence-electron chi connectivity index (χ3n) is 13.0. The van der Waals surface area contributed by atoms with E-state index in [1.807, 2.05) is 18.2 Å². The standard InChI is InChI=1S/C45H59N3O9/c1-3-5-7-20-44(21-8-6-4-2)55-37-36-26-45(43(52)47-27-32-10-9-11-33(24-32)41(50)46-22-23-49)39(42(51)54-36)48(57-40(45)38(37)56-44)28-31-16-13-29(14-17-31)12-15-30-18-19-34-35(25-30)53-34/h9-17,24,30,34-40,49H,3-8,18-23,25-28H2,1-2H3,(H,46,50)(H,47,52)/t30?,34?,35?,36?,37-,38-,39-,40+,45?/m0/s1. The van der Waals surface area contributed by atoms with Crippen molar-refractivity contribution in [3.05, 3.63) is 76.9 Å². The lowest BCUT2D eigenvalue weighted by Gasteiger charge is -2.48. The number of aliphatic hydroxyl groups is 1. The van der Waals surface area contributed by atoms with Gasteiger partial charge in [-0.3, -0.25) is 19.2 Å². The minimum Gasteiger partial charge on any atom is -0.458 e. The van der Waals surface area contributed by atoms with Crippen LogP contribution >= 0.6 is 0 Å². The molecule has 2 amide bonds. The summed E-state index contributed by atoms with van der Waals surface area (Å²) in [6.45, 7) is 4.73. The van der Waals surface area contributed by atoms with Gasteiger partial charge >= 0.3 is 5.97 Å². The Morgan fingerprint density at radius 3 is 2.42 bits per heavy atom. The van der Waals surface area contributed by atoms with Gasteiger partial charge in [0.05, 0.1) is 25.4 Å². The van der Waals surface area contributed by atoms with Crippen LogP contribution in [0.1, 0.15) is 118 Å². The van der Waals surface area contributed by atoms with Crippen LogP contribution in [0, 0.1) is 11.3 Å². The molecule has 2 saturated carbocycles. The van der Waals surface area contributed by atoms with E-state index in [-0.39, 0.29) is 44.5 Å². The summed E-state index contributed by atoms with van der Waals surface area (Å²) in [6, 6.07) is 14.2. The van der Waals surface area contributed by atoms with E-state index in [2.05, 4.69) is 48.8 Å². The number of unbranched alkanes of at least 4 members (excludes halogenated alkanes) is 4. The van der Waals surface area contributed by atoms with E-state index in [4.69, 9.17) is 28.9 Å². The third kappa shape index (κ3) is 8.31. The highest BCUT2D eigenvalue weighted by atomic mass is 16.8. The van der Waals surface area contributed by atoms with Crippen molar-refractivity contribution in [1.29, 1.82) is 0 Å². The Hall–Kier alpha value is -3.65. The number of hydrogen-bond acceptors (Lipinski definition) is 10. The fourth-order valence-electron chi connectivity index (χ4n) is 9.91. The van der Waals surface area contributed by atoms with Gasteiger partial charge in [0.2, 0.25) is 5.91 Å². The van der Waals surface area contributed by atoms with Gasteiger partial charge in [-0.1, -0.05) is 88.1 Å². The molecule has 9 atom stereocenters. The van der Waals surface area contributed by atoms with Gasteiger partial charge in [0.1, 0.15) is 29.8 Å². The van der Waals surface area contributed by atoms with Crippen LogP contribution in [0.5, 0.6) is 0 Å². The number of esters is 1. The maximum absolute atomic E-state index is 14.9. The maximum atomic E-state index is 14.9. The van der Waals surface area contributed by atoms with Crippen LogP contribution in [-0.4, -0.2) is 89.6 Å². The Labute approximate surface area is 335 Å². The van der Waals surface area contributed by atoms with E-state index < -0.39 is 47.6 Å². The second kappa shape index (κ2) is 17.3. The van der Waals surface area contributed by atoms with Crippen molar-refractivity contribution in [2.45, 2.75) is 152 Å². The van der Waals surface area contributed by atoms with Gasteiger partial charge in [-0.05, 0) is 66.8 Å². The van der Waals surface area contributed by atoms with Crippen LogP contribution < -0.4 is 10.6 Å². The topological polar surface area (TPSA) is 148 Å². The van der Waals surface area contributed by atoms with Gasteiger partial charge in [0.25, 0.3) is 5.91 Å². The van der Waals surface area contributed by atoms with Crippen molar-refractivity contribution in [3.63, 3.8) is 0 Å². The van der Waals surface area contributed by atoms with Crippen molar-refractivity contribution in [2.24, 2.45) is 11.3 Å². The Bertz CT molecular complexity index is 1780. The van der Waals surface area contributed by atoms with E-state index in [0.717, 1.165) is 87.3 Å². The van der Waals surface area contributed by atoms with Gasteiger partial charge in [0, 0.05) is 37.9 Å². The molecule has 3 N–H and O–H groups in total. The summed E-state index contributed by atoms with van der Waals surface area (Å²) in [5.41, 5.74) is 1.87. The Kier molecular flexibility index (Phi) is 12.2. The van der Waals surface area contributed by atoms with Crippen molar-refractivity contribution >= 4 is 23.9 Å². The number of hydrogen-bond donors (Lipinski definition) is 3. The molecule has 2 aromatic rings. The average Bonchev–Trinajstić information content (AvgIpc) is 3.77. The Morgan fingerprint density at radius 2 is 1.68 bits per heavy atom. The summed E-state index contributed by atoms with van der Waals surface area (Å²) < 4.78 is 25.9. The van der Waals surface area contributed by atoms with E-state index in [9.17, 15) is 14.4 Å². The number of aliphatic hydroxyl groups excluding tert-OH is 1. The summed E-state index contributed by atoms with van der Waals surface area (Å²) >= 11 is 0. The molecule has 0 radical (unpaired) electrons. The molecule has 2 bridgehead atoms. The zero-order chi connectivity index (χ0) is 39.6. The van der Waals surface area contributed by atoms with Crippen molar-refractivity contribution < 1.29 is 43.3 Å². The number of benzene rings is 2. The minimum absolute atomic E-state index is 0.133. The molecule has 4 saturated heterocycles. The van der Waals surface area contributed by atoms with Crippen molar-refractivity contribution in [2.75, 3.05) is 13.2 Å². The number of hydroxylamine groups is 2. The summed E-state index contributed by atoms with van der Waals surface area (Å²) in [7, 11) is 0. The first-order valence-corrected chi connectivity index (χ1v) is 21.4. The highest BCUT2D eigenvalue weighted by molar-refractivity contribution is 5.95. The van der Waals surface area contributed by atoms with Crippen LogP contribution in [0.3, 0.4) is 0 Å². The molecule has 57 heavy (non-hydrogen) atoms. The number of ether oxygens (including phenoxy) is 4. The van der Waals surface area contributed by atoms with E-state index in [1.165, 1.54) is 0 Å². The minimum atomic E-state index is -1.31.